The fourth-order valence-electron chi connectivity index (χ4n) is 2.02. The van der Waals surface area contributed by atoms with Gasteiger partial charge in [-0.15, -0.1) is 0 Å². The van der Waals surface area contributed by atoms with Gasteiger partial charge in [0.05, 0.1) is 17.3 Å². The standard InChI is InChI=1S/C12H14N4O2/c1-16-11-8(6-15-16)10(13-4-7-2-3-7)9(5-14-11)12(17)18/h5-7H,2-4H2,1H3,(H,13,14)(H,17,18). The lowest BCUT2D eigenvalue weighted by molar-refractivity contribution is 0.0697. The molecule has 3 rings (SSSR count). The number of pyridine rings is 1. The van der Waals surface area contributed by atoms with Crippen molar-refractivity contribution in [3.63, 3.8) is 0 Å². The van der Waals surface area contributed by atoms with Gasteiger partial charge in [-0.2, -0.15) is 5.10 Å². The Morgan fingerprint density at radius 2 is 2.33 bits per heavy atom. The van der Waals surface area contributed by atoms with Crippen molar-refractivity contribution >= 4 is 22.7 Å². The highest BCUT2D eigenvalue weighted by Gasteiger charge is 2.23. The van der Waals surface area contributed by atoms with Crippen molar-refractivity contribution in [1.82, 2.24) is 14.8 Å². The van der Waals surface area contributed by atoms with E-state index >= 15 is 0 Å². The van der Waals surface area contributed by atoms with E-state index in [0.717, 1.165) is 11.9 Å². The summed E-state index contributed by atoms with van der Waals surface area (Å²) < 4.78 is 1.64. The Hall–Kier alpha value is -2.11. The quantitative estimate of drug-likeness (QED) is 0.854. The summed E-state index contributed by atoms with van der Waals surface area (Å²) in [6, 6.07) is 0. The van der Waals surface area contributed by atoms with E-state index in [0.29, 0.717) is 17.3 Å². The predicted molar refractivity (Wildman–Crippen MR) is 66.7 cm³/mol. The molecule has 1 saturated carbocycles. The minimum Gasteiger partial charge on any atom is -0.478 e. The van der Waals surface area contributed by atoms with Crippen LogP contribution in [0.3, 0.4) is 0 Å². The van der Waals surface area contributed by atoms with E-state index in [1.165, 1.54) is 19.0 Å². The van der Waals surface area contributed by atoms with Crippen LogP contribution in [0.4, 0.5) is 5.69 Å². The first-order valence-corrected chi connectivity index (χ1v) is 5.94. The highest BCUT2D eigenvalue weighted by molar-refractivity contribution is 6.03. The van der Waals surface area contributed by atoms with Crippen LogP contribution in [0.5, 0.6) is 0 Å². The summed E-state index contributed by atoms with van der Waals surface area (Å²) in [5, 5.41) is 17.3. The lowest BCUT2D eigenvalue weighted by Gasteiger charge is -2.10. The number of hydrogen-bond donors (Lipinski definition) is 2. The van der Waals surface area contributed by atoms with Crippen molar-refractivity contribution in [2.24, 2.45) is 13.0 Å². The fraction of sp³-hybridized carbons (Fsp3) is 0.417. The Morgan fingerprint density at radius 1 is 1.56 bits per heavy atom. The molecule has 6 heteroatoms. The zero-order valence-corrected chi connectivity index (χ0v) is 10.1. The van der Waals surface area contributed by atoms with Crippen LogP contribution in [0.1, 0.15) is 23.2 Å². The SMILES string of the molecule is Cn1ncc2c(NCC3CC3)c(C(=O)O)cnc21. The largest absolute Gasteiger partial charge is 0.478 e. The Bertz CT molecular complexity index is 616. The molecule has 0 aromatic carbocycles. The van der Waals surface area contributed by atoms with Crippen LogP contribution in [-0.2, 0) is 7.05 Å². The van der Waals surface area contributed by atoms with Crippen molar-refractivity contribution in [3.8, 4) is 0 Å². The van der Waals surface area contributed by atoms with E-state index in [9.17, 15) is 9.90 Å². The third kappa shape index (κ3) is 1.79. The number of aromatic carboxylic acids is 1. The molecule has 2 aromatic rings. The fourth-order valence-corrected chi connectivity index (χ4v) is 2.02. The van der Waals surface area contributed by atoms with Gasteiger partial charge in [-0.25, -0.2) is 9.78 Å². The average Bonchev–Trinajstić information content (AvgIpc) is 3.10. The molecule has 0 saturated heterocycles. The Kier molecular flexibility index (Phi) is 2.43. The molecule has 94 valence electrons. The van der Waals surface area contributed by atoms with E-state index in [1.54, 1.807) is 17.9 Å². The predicted octanol–water partition coefficient (Wildman–Crippen LogP) is 1.49. The summed E-state index contributed by atoms with van der Waals surface area (Å²) >= 11 is 0. The topological polar surface area (TPSA) is 80.0 Å². The molecule has 2 aromatic heterocycles. The van der Waals surface area contributed by atoms with Crippen LogP contribution in [-0.4, -0.2) is 32.4 Å². The molecule has 6 nitrogen and oxygen atoms in total. The Balaban J connectivity index is 2.08. The molecule has 0 radical (unpaired) electrons. The smallest absolute Gasteiger partial charge is 0.339 e. The van der Waals surface area contributed by atoms with Gasteiger partial charge in [0.25, 0.3) is 0 Å². The van der Waals surface area contributed by atoms with E-state index < -0.39 is 5.97 Å². The maximum atomic E-state index is 11.2. The van der Waals surface area contributed by atoms with Gasteiger partial charge in [0, 0.05) is 19.8 Å². The Morgan fingerprint density at radius 3 is 3.00 bits per heavy atom. The monoisotopic (exact) mass is 246 g/mol. The van der Waals surface area contributed by atoms with Crippen molar-refractivity contribution in [3.05, 3.63) is 18.0 Å². The molecular formula is C12H14N4O2. The summed E-state index contributed by atoms with van der Waals surface area (Å²) in [5.41, 5.74) is 1.53. The molecule has 2 heterocycles. The van der Waals surface area contributed by atoms with Crippen molar-refractivity contribution in [1.29, 1.82) is 0 Å². The van der Waals surface area contributed by atoms with E-state index in [4.69, 9.17) is 0 Å². The second-order valence-electron chi connectivity index (χ2n) is 4.68. The van der Waals surface area contributed by atoms with Crippen LogP contribution >= 0.6 is 0 Å². The molecule has 1 fully saturated rings. The third-order valence-corrected chi connectivity index (χ3v) is 3.26. The molecule has 18 heavy (non-hydrogen) atoms. The molecule has 0 atom stereocenters. The van der Waals surface area contributed by atoms with Crippen LogP contribution in [0.15, 0.2) is 12.4 Å². The molecule has 0 bridgehead atoms. The number of carboxylic acid groups (broad SMARTS) is 1. The number of nitrogens with zero attached hydrogens (tertiary/aromatic N) is 3. The Labute approximate surface area is 104 Å². The average molecular weight is 246 g/mol. The lowest BCUT2D eigenvalue weighted by atomic mass is 10.2. The number of aromatic nitrogens is 3. The molecular weight excluding hydrogens is 232 g/mol. The lowest BCUT2D eigenvalue weighted by Crippen LogP contribution is -2.10. The van der Waals surface area contributed by atoms with Gasteiger partial charge < -0.3 is 10.4 Å². The second-order valence-corrected chi connectivity index (χ2v) is 4.68. The molecule has 2 N–H and O–H groups in total. The van der Waals surface area contributed by atoms with Crippen molar-refractivity contribution in [2.45, 2.75) is 12.8 Å². The van der Waals surface area contributed by atoms with Gasteiger partial charge in [0.2, 0.25) is 0 Å². The highest BCUT2D eigenvalue weighted by Crippen LogP contribution is 2.31. The van der Waals surface area contributed by atoms with E-state index in [-0.39, 0.29) is 5.56 Å². The molecule has 0 spiro atoms. The second kappa shape index (κ2) is 3.97. The number of aryl methyl sites for hydroxylation is 1. The first-order chi connectivity index (χ1) is 8.66. The molecule has 0 amide bonds. The van der Waals surface area contributed by atoms with E-state index in [2.05, 4.69) is 15.4 Å². The summed E-state index contributed by atoms with van der Waals surface area (Å²) in [5.74, 6) is -0.293. The summed E-state index contributed by atoms with van der Waals surface area (Å²) in [7, 11) is 1.79. The van der Waals surface area contributed by atoms with Crippen LogP contribution in [0.25, 0.3) is 11.0 Å². The minimum absolute atomic E-state index is 0.205. The van der Waals surface area contributed by atoms with Crippen LogP contribution < -0.4 is 5.32 Å². The van der Waals surface area contributed by atoms with Gasteiger partial charge in [0.1, 0.15) is 5.56 Å². The van der Waals surface area contributed by atoms with Crippen molar-refractivity contribution in [2.75, 3.05) is 11.9 Å². The number of fused-ring (bicyclic) bond motifs is 1. The van der Waals surface area contributed by atoms with Gasteiger partial charge in [0.15, 0.2) is 5.65 Å². The number of carbonyl (C=O) groups is 1. The molecule has 1 aliphatic carbocycles. The van der Waals surface area contributed by atoms with Crippen LogP contribution in [0, 0.1) is 5.92 Å². The number of carboxylic acids is 1. The van der Waals surface area contributed by atoms with Gasteiger partial charge in [-0.3, -0.25) is 4.68 Å². The number of rotatable bonds is 4. The van der Waals surface area contributed by atoms with Crippen molar-refractivity contribution < 1.29 is 9.90 Å². The number of anilines is 1. The first-order valence-electron chi connectivity index (χ1n) is 5.94. The molecule has 1 aliphatic rings. The zero-order chi connectivity index (χ0) is 12.7. The summed E-state index contributed by atoms with van der Waals surface area (Å²) in [6.07, 6.45) is 5.49. The van der Waals surface area contributed by atoms with Gasteiger partial charge in [-0.1, -0.05) is 0 Å². The maximum Gasteiger partial charge on any atom is 0.339 e. The minimum atomic E-state index is -0.966. The third-order valence-electron chi connectivity index (χ3n) is 3.26. The van der Waals surface area contributed by atoms with Crippen LogP contribution in [0.2, 0.25) is 0 Å². The zero-order valence-electron chi connectivity index (χ0n) is 10.1. The maximum absolute atomic E-state index is 11.2. The highest BCUT2D eigenvalue weighted by atomic mass is 16.4. The normalized spacial score (nSPS) is 14.9. The number of hydrogen-bond acceptors (Lipinski definition) is 4. The summed E-state index contributed by atoms with van der Waals surface area (Å²) in [4.78, 5) is 15.4. The molecule has 0 unspecified atom stereocenters. The number of nitrogens with one attached hydrogen (secondary N) is 1. The summed E-state index contributed by atoms with van der Waals surface area (Å²) in [6.45, 7) is 0.814. The first kappa shape index (κ1) is 11.0. The molecule has 0 aliphatic heterocycles. The van der Waals surface area contributed by atoms with E-state index in [1.807, 2.05) is 0 Å². The van der Waals surface area contributed by atoms with Gasteiger partial charge in [-0.05, 0) is 18.8 Å². The van der Waals surface area contributed by atoms with Gasteiger partial charge >= 0.3 is 5.97 Å².